The van der Waals surface area contributed by atoms with Crippen molar-refractivity contribution in [1.82, 2.24) is 0 Å². The van der Waals surface area contributed by atoms with Gasteiger partial charge in [-0.15, -0.1) is 0 Å². The van der Waals surface area contributed by atoms with Crippen molar-refractivity contribution in [2.45, 2.75) is 58.7 Å². The van der Waals surface area contributed by atoms with Gasteiger partial charge >= 0.3 is 12.1 Å². The summed E-state index contributed by atoms with van der Waals surface area (Å²) in [6.45, 7) is 6.29. The fraction of sp³-hybridized carbons (Fsp3) is 0.923. The van der Waals surface area contributed by atoms with Crippen LogP contribution in [0.1, 0.15) is 46.5 Å². The van der Waals surface area contributed by atoms with Gasteiger partial charge in [-0.05, 0) is 30.6 Å². The normalized spacial score (nSPS) is 37.9. The van der Waals surface area contributed by atoms with Gasteiger partial charge in [-0.3, -0.25) is 4.79 Å². The number of fused-ring (bicyclic) bond motifs is 2. The molecule has 3 atom stereocenters. The molecular formula is C13H19F3O2. The summed E-state index contributed by atoms with van der Waals surface area (Å²) in [5.74, 6) is -0.691. The SMILES string of the molecule is CC1(C)C2CCC1(C)C(OC(=O)CC(F)(F)F)C2. The van der Waals surface area contributed by atoms with Crippen LogP contribution in [0.5, 0.6) is 0 Å². The number of carbonyl (C=O) groups excluding carboxylic acids is 1. The second kappa shape index (κ2) is 3.87. The van der Waals surface area contributed by atoms with Gasteiger partial charge in [-0.25, -0.2) is 0 Å². The van der Waals surface area contributed by atoms with Gasteiger partial charge in [-0.2, -0.15) is 13.2 Å². The van der Waals surface area contributed by atoms with Gasteiger partial charge in [0.15, 0.2) is 0 Å². The van der Waals surface area contributed by atoms with Gasteiger partial charge in [-0.1, -0.05) is 20.8 Å². The molecule has 0 N–H and O–H groups in total. The number of hydrogen-bond donors (Lipinski definition) is 0. The predicted octanol–water partition coefficient (Wildman–Crippen LogP) is 3.70. The summed E-state index contributed by atoms with van der Waals surface area (Å²) in [5, 5.41) is 0. The van der Waals surface area contributed by atoms with E-state index in [9.17, 15) is 18.0 Å². The predicted molar refractivity (Wildman–Crippen MR) is 59.8 cm³/mol. The lowest BCUT2D eigenvalue weighted by molar-refractivity contribution is -0.180. The van der Waals surface area contributed by atoms with Gasteiger partial charge < -0.3 is 4.74 Å². The lowest BCUT2D eigenvalue weighted by atomic mass is 9.70. The third kappa shape index (κ3) is 2.01. The quantitative estimate of drug-likeness (QED) is 0.711. The minimum atomic E-state index is -4.48. The molecule has 2 fully saturated rings. The first kappa shape index (κ1) is 13.7. The molecule has 0 spiro atoms. The van der Waals surface area contributed by atoms with Crippen LogP contribution in [-0.2, 0) is 9.53 Å². The van der Waals surface area contributed by atoms with Crippen LogP contribution < -0.4 is 0 Å². The van der Waals surface area contributed by atoms with Crippen LogP contribution in [0.25, 0.3) is 0 Å². The van der Waals surface area contributed by atoms with Crippen LogP contribution in [0.2, 0.25) is 0 Å². The summed E-state index contributed by atoms with van der Waals surface area (Å²) in [4.78, 5) is 11.3. The maximum Gasteiger partial charge on any atom is 0.399 e. The van der Waals surface area contributed by atoms with E-state index in [1.165, 1.54) is 0 Å². The lowest BCUT2D eigenvalue weighted by Crippen LogP contribution is -2.38. The van der Waals surface area contributed by atoms with Crippen molar-refractivity contribution in [3.63, 3.8) is 0 Å². The van der Waals surface area contributed by atoms with Gasteiger partial charge in [0.2, 0.25) is 0 Å². The third-order valence-electron chi connectivity index (χ3n) is 5.33. The Bertz CT molecular complexity index is 362. The molecule has 2 aliphatic carbocycles. The first-order valence-corrected chi connectivity index (χ1v) is 6.32. The van der Waals surface area contributed by atoms with Crippen molar-refractivity contribution >= 4 is 5.97 Å². The van der Waals surface area contributed by atoms with Crippen LogP contribution in [0.4, 0.5) is 13.2 Å². The highest BCUT2D eigenvalue weighted by Gasteiger charge is 2.63. The summed E-state index contributed by atoms with van der Waals surface area (Å²) < 4.78 is 41.4. The maximum atomic E-state index is 12.1. The van der Waals surface area contributed by atoms with E-state index in [1.807, 2.05) is 6.92 Å². The van der Waals surface area contributed by atoms with Gasteiger partial charge in [0.05, 0.1) is 0 Å². The zero-order chi connectivity index (χ0) is 13.8. The molecule has 18 heavy (non-hydrogen) atoms. The Balaban J connectivity index is 2.03. The molecule has 0 aromatic carbocycles. The standard InChI is InChI=1S/C13H19F3O2/c1-11(2)8-4-5-12(11,3)9(6-8)18-10(17)7-13(14,15)16/h8-9H,4-7H2,1-3H3. The highest BCUT2D eigenvalue weighted by molar-refractivity contribution is 5.70. The summed E-state index contributed by atoms with van der Waals surface area (Å²) in [6, 6.07) is 0. The van der Waals surface area contributed by atoms with Crippen LogP contribution in [0.3, 0.4) is 0 Å². The summed E-state index contributed by atoms with van der Waals surface area (Å²) in [6.07, 6.45) is -3.62. The molecule has 104 valence electrons. The molecule has 2 aliphatic rings. The summed E-state index contributed by atoms with van der Waals surface area (Å²) in [5.41, 5.74) is -0.144. The Hall–Kier alpha value is -0.740. The minimum absolute atomic E-state index is 0.0379. The van der Waals surface area contributed by atoms with Crippen LogP contribution >= 0.6 is 0 Å². The van der Waals surface area contributed by atoms with Crippen molar-refractivity contribution in [2.75, 3.05) is 0 Å². The fourth-order valence-electron chi connectivity index (χ4n) is 3.67. The van der Waals surface area contributed by atoms with Gasteiger partial charge in [0.1, 0.15) is 12.5 Å². The van der Waals surface area contributed by atoms with Gasteiger partial charge in [0, 0.05) is 5.41 Å². The highest BCUT2D eigenvalue weighted by Crippen LogP contribution is 2.66. The van der Waals surface area contributed by atoms with Crippen molar-refractivity contribution in [3.05, 3.63) is 0 Å². The van der Waals surface area contributed by atoms with Crippen molar-refractivity contribution in [1.29, 1.82) is 0 Å². The number of halogens is 3. The molecular weight excluding hydrogens is 245 g/mol. The fourth-order valence-corrected chi connectivity index (χ4v) is 3.67. The van der Waals surface area contributed by atoms with Crippen molar-refractivity contribution in [3.8, 4) is 0 Å². The zero-order valence-corrected chi connectivity index (χ0v) is 10.9. The largest absolute Gasteiger partial charge is 0.462 e. The van der Waals surface area contributed by atoms with E-state index in [4.69, 9.17) is 4.74 Å². The minimum Gasteiger partial charge on any atom is -0.462 e. The molecule has 0 radical (unpaired) electrons. The molecule has 3 unspecified atom stereocenters. The molecule has 2 bridgehead atoms. The second-order valence-electron chi connectivity index (χ2n) is 6.38. The first-order chi connectivity index (χ1) is 8.06. The molecule has 0 aromatic rings. The Labute approximate surface area is 105 Å². The average Bonchev–Trinajstić information content (AvgIpc) is 2.47. The Morgan fingerprint density at radius 1 is 1.33 bits per heavy atom. The Kier molecular flexibility index (Phi) is 2.95. The molecule has 0 aliphatic heterocycles. The molecule has 0 heterocycles. The topological polar surface area (TPSA) is 26.3 Å². The molecule has 0 saturated heterocycles. The maximum absolute atomic E-state index is 12.1. The van der Waals surface area contributed by atoms with Crippen molar-refractivity contribution < 1.29 is 22.7 Å². The van der Waals surface area contributed by atoms with E-state index in [-0.39, 0.29) is 16.9 Å². The highest BCUT2D eigenvalue weighted by atomic mass is 19.4. The smallest absolute Gasteiger partial charge is 0.399 e. The van der Waals surface area contributed by atoms with Crippen LogP contribution in [-0.4, -0.2) is 18.2 Å². The zero-order valence-electron chi connectivity index (χ0n) is 10.9. The van der Waals surface area contributed by atoms with Crippen LogP contribution in [0.15, 0.2) is 0 Å². The van der Waals surface area contributed by atoms with E-state index >= 15 is 0 Å². The number of esters is 1. The molecule has 2 saturated carbocycles. The lowest BCUT2D eigenvalue weighted by Gasteiger charge is -2.38. The number of rotatable bonds is 2. The van der Waals surface area contributed by atoms with E-state index in [0.29, 0.717) is 12.3 Å². The van der Waals surface area contributed by atoms with E-state index in [0.717, 1.165) is 12.8 Å². The first-order valence-electron chi connectivity index (χ1n) is 6.32. The number of alkyl halides is 3. The number of carbonyl (C=O) groups is 1. The molecule has 0 aromatic heterocycles. The monoisotopic (exact) mass is 264 g/mol. The van der Waals surface area contributed by atoms with Crippen LogP contribution in [0, 0.1) is 16.7 Å². The Morgan fingerprint density at radius 2 is 1.94 bits per heavy atom. The van der Waals surface area contributed by atoms with Gasteiger partial charge in [0.25, 0.3) is 0 Å². The van der Waals surface area contributed by atoms with E-state index in [2.05, 4.69) is 13.8 Å². The second-order valence-corrected chi connectivity index (χ2v) is 6.38. The Morgan fingerprint density at radius 3 is 2.33 bits per heavy atom. The third-order valence-corrected chi connectivity index (χ3v) is 5.33. The molecule has 2 nitrogen and oxygen atoms in total. The number of ether oxygens (including phenoxy) is 1. The molecule has 2 rings (SSSR count). The molecule has 5 heteroatoms. The van der Waals surface area contributed by atoms with Crippen molar-refractivity contribution in [2.24, 2.45) is 16.7 Å². The summed E-state index contributed by atoms with van der Waals surface area (Å²) in [7, 11) is 0. The number of hydrogen-bond acceptors (Lipinski definition) is 2. The van der Waals surface area contributed by atoms with E-state index < -0.39 is 18.6 Å². The summed E-state index contributed by atoms with van der Waals surface area (Å²) >= 11 is 0. The van der Waals surface area contributed by atoms with E-state index in [1.54, 1.807) is 0 Å². The average molecular weight is 264 g/mol. The molecule has 0 amide bonds.